The van der Waals surface area contributed by atoms with Crippen LogP contribution in [0, 0.1) is 0 Å². The minimum absolute atomic E-state index is 0.271. The summed E-state index contributed by atoms with van der Waals surface area (Å²) < 4.78 is 40.8. The van der Waals surface area contributed by atoms with E-state index in [-0.39, 0.29) is 6.04 Å². The van der Waals surface area contributed by atoms with Crippen LogP contribution in [0.3, 0.4) is 0 Å². The summed E-state index contributed by atoms with van der Waals surface area (Å²) in [7, 11) is 0. The van der Waals surface area contributed by atoms with Crippen LogP contribution in [-0.4, -0.2) is 27.3 Å². The molecule has 2 heterocycles. The number of hydrogen-bond donors (Lipinski definition) is 0. The molecule has 0 amide bonds. The molecule has 1 aliphatic rings. The van der Waals surface area contributed by atoms with Crippen molar-refractivity contribution in [2.24, 2.45) is 0 Å². The van der Waals surface area contributed by atoms with Gasteiger partial charge in [-0.1, -0.05) is 15.9 Å². The van der Waals surface area contributed by atoms with Gasteiger partial charge in [-0.25, -0.2) is 0 Å². The molecule has 102 valence electrons. The number of alkyl halides is 4. The van der Waals surface area contributed by atoms with E-state index in [1.807, 2.05) is 4.90 Å². The lowest BCUT2D eigenvalue weighted by molar-refractivity contribution is -0.144. The molecule has 1 saturated heterocycles. The summed E-state index contributed by atoms with van der Waals surface area (Å²) in [5.74, 6) is -1.02. The fourth-order valence-electron chi connectivity index (χ4n) is 2.13. The van der Waals surface area contributed by atoms with E-state index >= 15 is 0 Å². The molecule has 8 heteroatoms. The highest BCUT2D eigenvalue weighted by molar-refractivity contribution is 9.09. The van der Waals surface area contributed by atoms with E-state index in [1.165, 1.54) is 0 Å². The number of anilines is 1. The second-order valence-corrected chi connectivity index (χ2v) is 5.74. The van der Waals surface area contributed by atoms with Crippen molar-refractivity contribution >= 4 is 32.6 Å². The third kappa shape index (κ3) is 3.14. The summed E-state index contributed by atoms with van der Waals surface area (Å²) in [6.07, 6.45) is -0.401. The van der Waals surface area contributed by atoms with E-state index in [0.717, 1.165) is 49.1 Å². The fourth-order valence-corrected chi connectivity index (χ4v) is 3.44. The number of nitrogens with zero attached hydrogens (tertiary/aromatic N) is 3. The van der Waals surface area contributed by atoms with Gasteiger partial charge in [0.15, 0.2) is 0 Å². The Balaban J connectivity index is 2.15. The lowest BCUT2D eigenvalue weighted by Crippen LogP contribution is -2.39. The number of piperidine rings is 1. The average Bonchev–Trinajstić information content (AvgIpc) is 2.79. The van der Waals surface area contributed by atoms with Crippen LogP contribution in [0.2, 0.25) is 0 Å². The van der Waals surface area contributed by atoms with Gasteiger partial charge in [0.25, 0.3) is 0 Å². The maximum absolute atomic E-state index is 12.5. The van der Waals surface area contributed by atoms with Crippen molar-refractivity contribution in [3.8, 4) is 0 Å². The number of hydrogen-bond acceptors (Lipinski definition) is 4. The Bertz CT molecular complexity index is 394. The van der Waals surface area contributed by atoms with E-state index in [4.69, 9.17) is 0 Å². The molecule has 0 bridgehead atoms. The van der Waals surface area contributed by atoms with Gasteiger partial charge in [-0.15, -0.1) is 0 Å². The molecule has 1 unspecified atom stereocenters. The van der Waals surface area contributed by atoms with E-state index in [1.54, 1.807) is 0 Å². The first-order valence-corrected chi connectivity index (χ1v) is 7.65. The van der Waals surface area contributed by atoms with Crippen LogP contribution in [-0.2, 0) is 6.18 Å². The van der Waals surface area contributed by atoms with Gasteiger partial charge in [-0.05, 0) is 25.7 Å². The number of aromatic nitrogens is 2. The van der Waals surface area contributed by atoms with Crippen LogP contribution in [0.4, 0.5) is 18.3 Å². The molecule has 0 aromatic carbocycles. The van der Waals surface area contributed by atoms with Crippen LogP contribution in [0.15, 0.2) is 0 Å². The molecule has 1 aromatic heterocycles. The van der Waals surface area contributed by atoms with Crippen LogP contribution in [0.25, 0.3) is 0 Å². The lowest BCUT2D eigenvalue weighted by Gasteiger charge is -2.35. The summed E-state index contributed by atoms with van der Waals surface area (Å²) in [6, 6.07) is 0.271. The summed E-state index contributed by atoms with van der Waals surface area (Å²) in [4.78, 5) is 5.60. The Labute approximate surface area is 116 Å². The Kier molecular flexibility index (Phi) is 4.47. The quantitative estimate of drug-likeness (QED) is 0.783. The second-order valence-electron chi connectivity index (χ2n) is 4.22. The molecular weight excluding hydrogens is 331 g/mol. The molecule has 2 rings (SSSR count). The van der Waals surface area contributed by atoms with E-state index < -0.39 is 12.0 Å². The van der Waals surface area contributed by atoms with Gasteiger partial charge in [0.1, 0.15) is 0 Å². The van der Waals surface area contributed by atoms with Gasteiger partial charge in [0, 0.05) is 29.4 Å². The molecule has 0 aliphatic carbocycles. The van der Waals surface area contributed by atoms with Crippen molar-refractivity contribution in [3.05, 3.63) is 5.82 Å². The van der Waals surface area contributed by atoms with Gasteiger partial charge < -0.3 is 4.90 Å². The van der Waals surface area contributed by atoms with Crippen molar-refractivity contribution in [1.82, 2.24) is 9.36 Å². The zero-order valence-electron chi connectivity index (χ0n) is 9.58. The van der Waals surface area contributed by atoms with Gasteiger partial charge in [-0.2, -0.15) is 22.5 Å². The number of halogens is 4. The van der Waals surface area contributed by atoms with E-state index in [9.17, 15) is 13.2 Å². The molecule has 18 heavy (non-hydrogen) atoms. The zero-order chi connectivity index (χ0) is 13.2. The monoisotopic (exact) mass is 343 g/mol. The van der Waals surface area contributed by atoms with Crippen LogP contribution >= 0.6 is 27.5 Å². The first-order valence-electron chi connectivity index (χ1n) is 5.76. The first-order chi connectivity index (χ1) is 8.52. The van der Waals surface area contributed by atoms with Crippen molar-refractivity contribution in [2.45, 2.75) is 37.9 Å². The van der Waals surface area contributed by atoms with E-state index in [2.05, 4.69) is 25.3 Å². The molecule has 0 N–H and O–H groups in total. The molecular formula is C10H13BrF3N3S. The largest absolute Gasteiger partial charge is 0.452 e. The van der Waals surface area contributed by atoms with Crippen molar-refractivity contribution in [3.63, 3.8) is 0 Å². The maximum atomic E-state index is 12.5. The molecule has 0 spiro atoms. The lowest BCUT2D eigenvalue weighted by atomic mass is 10.0. The zero-order valence-corrected chi connectivity index (χ0v) is 12.0. The van der Waals surface area contributed by atoms with Gasteiger partial charge in [0.2, 0.25) is 11.0 Å². The third-order valence-electron chi connectivity index (χ3n) is 2.98. The van der Waals surface area contributed by atoms with Gasteiger partial charge in [0.05, 0.1) is 0 Å². The van der Waals surface area contributed by atoms with E-state index in [0.29, 0.717) is 5.13 Å². The van der Waals surface area contributed by atoms with Crippen LogP contribution < -0.4 is 4.90 Å². The van der Waals surface area contributed by atoms with Crippen molar-refractivity contribution in [2.75, 3.05) is 16.8 Å². The highest BCUT2D eigenvalue weighted by Crippen LogP contribution is 2.33. The minimum atomic E-state index is -4.45. The maximum Gasteiger partial charge on any atom is 0.452 e. The van der Waals surface area contributed by atoms with Crippen LogP contribution in [0.5, 0.6) is 0 Å². The smallest absolute Gasteiger partial charge is 0.344 e. The molecule has 0 radical (unpaired) electrons. The summed E-state index contributed by atoms with van der Waals surface area (Å²) in [5, 5.41) is 1.24. The fraction of sp³-hybridized carbons (Fsp3) is 0.800. The summed E-state index contributed by atoms with van der Waals surface area (Å²) in [6.45, 7) is 0.768. The van der Waals surface area contributed by atoms with Crippen LogP contribution in [0.1, 0.15) is 31.5 Å². The molecule has 3 nitrogen and oxygen atoms in total. The molecule has 1 aromatic rings. The number of rotatable bonds is 3. The predicted octanol–water partition coefficient (Wildman–Crippen LogP) is 3.70. The first kappa shape index (κ1) is 14.0. The highest BCUT2D eigenvalue weighted by Gasteiger charge is 2.37. The second kappa shape index (κ2) is 5.73. The average molecular weight is 344 g/mol. The highest BCUT2D eigenvalue weighted by atomic mass is 79.9. The molecule has 1 aliphatic heterocycles. The topological polar surface area (TPSA) is 29.0 Å². The summed E-state index contributed by atoms with van der Waals surface area (Å²) in [5.41, 5.74) is 0. The minimum Gasteiger partial charge on any atom is -0.344 e. The van der Waals surface area contributed by atoms with Gasteiger partial charge >= 0.3 is 6.18 Å². The molecule has 1 atom stereocenters. The SMILES string of the molecule is FC(F)(F)c1nsc(N2CCCCC2CCBr)n1. The molecule has 1 fully saturated rings. The summed E-state index contributed by atoms with van der Waals surface area (Å²) >= 11 is 4.22. The Morgan fingerprint density at radius 1 is 1.39 bits per heavy atom. The Morgan fingerprint density at radius 3 is 2.78 bits per heavy atom. The van der Waals surface area contributed by atoms with Crippen molar-refractivity contribution < 1.29 is 13.2 Å². The van der Waals surface area contributed by atoms with Crippen molar-refractivity contribution in [1.29, 1.82) is 0 Å². The molecule has 0 saturated carbocycles. The standard InChI is InChI=1S/C10H13BrF3N3S/c11-5-4-7-3-1-2-6-17(7)9-15-8(16-18-9)10(12,13)14/h7H,1-6H2. The Morgan fingerprint density at radius 2 is 2.17 bits per heavy atom. The normalized spacial score (nSPS) is 21.3. The third-order valence-corrected chi connectivity index (χ3v) is 4.20. The Hall–Kier alpha value is -0.370. The predicted molar refractivity (Wildman–Crippen MR) is 68.3 cm³/mol. The van der Waals surface area contributed by atoms with Gasteiger partial charge in [-0.3, -0.25) is 0 Å².